The second kappa shape index (κ2) is 8.33. The molecule has 7 nitrogen and oxygen atoms in total. The Bertz CT molecular complexity index is 879. The highest BCUT2D eigenvalue weighted by Gasteiger charge is 2.37. The van der Waals surface area contributed by atoms with E-state index >= 15 is 0 Å². The lowest BCUT2D eigenvalue weighted by molar-refractivity contribution is -0.133. The van der Waals surface area contributed by atoms with Gasteiger partial charge in [-0.3, -0.25) is 15.2 Å². The van der Waals surface area contributed by atoms with Crippen molar-refractivity contribution in [2.75, 3.05) is 13.2 Å². The monoisotopic (exact) mass is 443 g/mol. The lowest BCUT2D eigenvalue weighted by Crippen LogP contribution is -2.47. The first-order valence-corrected chi connectivity index (χ1v) is 10.3. The Hall–Kier alpha value is -2.37. The number of likely N-dealkylation sites (tertiary alicyclic amines) is 1. The number of aromatic amines is 1. The lowest BCUT2D eigenvalue weighted by Gasteiger charge is -2.24. The highest BCUT2D eigenvalue weighted by atomic mass is 79.9. The number of carbonyl (C=O) groups is 1. The van der Waals surface area contributed by atoms with Gasteiger partial charge >= 0.3 is 0 Å². The number of amides is 1. The van der Waals surface area contributed by atoms with E-state index in [0.717, 1.165) is 47.2 Å². The quantitative estimate of drug-likeness (QED) is 0.740. The molecule has 1 aromatic carbocycles. The van der Waals surface area contributed by atoms with Crippen LogP contribution in [0, 0.1) is 11.3 Å². The zero-order chi connectivity index (χ0) is 19.5. The van der Waals surface area contributed by atoms with Crippen LogP contribution < -0.4 is 10.1 Å². The summed E-state index contributed by atoms with van der Waals surface area (Å²) in [7, 11) is 0. The fraction of sp³-hybridized carbons (Fsp3) is 0.450. The molecular weight excluding hydrogens is 422 g/mol. The summed E-state index contributed by atoms with van der Waals surface area (Å²) in [5, 5.41) is 19.6. The van der Waals surface area contributed by atoms with Gasteiger partial charge in [0.15, 0.2) is 0 Å². The molecule has 1 amide bonds. The summed E-state index contributed by atoms with van der Waals surface area (Å²) in [6.45, 7) is 1.16. The van der Waals surface area contributed by atoms with Crippen molar-refractivity contribution in [2.24, 2.45) is 0 Å². The third-order valence-electron chi connectivity index (χ3n) is 5.40. The molecule has 0 radical (unpaired) electrons. The number of halogens is 1. The van der Waals surface area contributed by atoms with Gasteiger partial charge in [-0.15, -0.1) is 0 Å². The van der Waals surface area contributed by atoms with E-state index in [1.54, 1.807) is 11.1 Å². The first-order valence-electron chi connectivity index (χ1n) is 9.54. The molecule has 2 aliphatic rings. The molecule has 0 bridgehead atoms. The van der Waals surface area contributed by atoms with E-state index < -0.39 is 0 Å². The minimum Gasteiger partial charge on any atom is -0.491 e. The molecule has 2 saturated heterocycles. The van der Waals surface area contributed by atoms with Crippen LogP contribution in [0.2, 0.25) is 0 Å². The number of rotatable bonds is 5. The van der Waals surface area contributed by atoms with Gasteiger partial charge in [0.25, 0.3) is 0 Å². The Morgan fingerprint density at radius 1 is 1.36 bits per heavy atom. The van der Waals surface area contributed by atoms with Crippen LogP contribution in [0.5, 0.6) is 5.75 Å². The van der Waals surface area contributed by atoms with Crippen LogP contribution in [0.15, 0.2) is 34.9 Å². The third kappa shape index (κ3) is 3.91. The topological polar surface area (TPSA) is 94.0 Å². The van der Waals surface area contributed by atoms with Crippen LogP contribution in [0.25, 0.3) is 11.3 Å². The maximum atomic E-state index is 12.7. The first kappa shape index (κ1) is 19.0. The van der Waals surface area contributed by atoms with Crippen molar-refractivity contribution in [1.82, 2.24) is 20.4 Å². The summed E-state index contributed by atoms with van der Waals surface area (Å²) in [5.41, 5.74) is 1.83. The Labute approximate surface area is 172 Å². The van der Waals surface area contributed by atoms with Gasteiger partial charge in [-0.05, 0) is 49.9 Å². The van der Waals surface area contributed by atoms with E-state index in [1.807, 2.05) is 24.3 Å². The van der Waals surface area contributed by atoms with Gasteiger partial charge in [0.1, 0.15) is 18.4 Å². The van der Waals surface area contributed by atoms with Crippen molar-refractivity contribution in [3.63, 3.8) is 0 Å². The molecule has 3 atom stereocenters. The maximum absolute atomic E-state index is 12.7. The normalized spacial score (nSPS) is 24.3. The van der Waals surface area contributed by atoms with Crippen molar-refractivity contribution in [3.05, 3.63) is 34.9 Å². The standard InChI is InChI=1S/C20H22BrN5O2/c21-13-3-6-19(16(10-13)17-7-8-23-25-17)28-12-14-4-5-18(24-14)20(27)26-9-1-2-15(26)11-22/h3,6-8,10,14-15,18,24H,1-2,4-5,9,12H2,(H,23,25)/t14-,15+,18+/m1/s1. The summed E-state index contributed by atoms with van der Waals surface area (Å²) >= 11 is 3.50. The molecule has 2 N–H and O–H groups in total. The van der Waals surface area contributed by atoms with Gasteiger partial charge in [0.2, 0.25) is 5.91 Å². The molecule has 2 aromatic rings. The van der Waals surface area contributed by atoms with Gasteiger partial charge < -0.3 is 9.64 Å². The summed E-state index contributed by atoms with van der Waals surface area (Å²) in [5.74, 6) is 0.821. The van der Waals surface area contributed by atoms with Crippen LogP contribution >= 0.6 is 15.9 Å². The first-order chi connectivity index (χ1) is 13.7. The molecule has 8 heteroatoms. The second-order valence-electron chi connectivity index (χ2n) is 7.23. The third-order valence-corrected chi connectivity index (χ3v) is 5.89. The van der Waals surface area contributed by atoms with Crippen molar-refractivity contribution in [1.29, 1.82) is 5.26 Å². The largest absolute Gasteiger partial charge is 0.491 e. The van der Waals surface area contributed by atoms with Crippen molar-refractivity contribution in [3.8, 4) is 23.1 Å². The summed E-state index contributed by atoms with van der Waals surface area (Å²) in [6, 6.07) is 9.62. The van der Waals surface area contributed by atoms with E-state index in [9.17, 15) is 10.1 Å². The number of nitrogens with one attached hydrogen (secondary N) is 2. The van der Waals surface area contributed by atoms with Crippen LogP contribution in [0.4, 0.5) is 0 Å². The number of carbonyl (C=O) groups excluding carboxylic acids is 1. The maximum Gasteiger partial charge on any atom is 0.240 e. The number of H-pyrrole nitrogens is 1. The molecule has 1 aromatic heterocycles. The predicted octanol–water partition coefficient (Wildman–Crippen LogP) is 2.85. The van der Waals surface area contributed by atoms with Gasteiger partial charge in [-0.2, -0.15) is 10.4 Å². The van der Waals surface area contributed by atoms with Crippen LogP contribution in [-0.4, -0.2) is 52.3 Å². The Morgan fingerprint density at radius 2 is 2.25 bits per heavy atom. The SMILES string of the molecule is N#C[C@@H]1CCCN1C(=O)[C@@H]1CC[C@H](COc2ccc(Br)cc2-c2ccn[nH]2)N1. The molecule has 2 fully saturated rings. The Balaban J connectivity index is 1.37. The summed E-state index contributed by atoms with van der Waals surface area (Å²) in [4.78, 5) is 14.5. The molecule has 0 aliphatic carbocycles. The fourth-order valence-corrected chi connectivity index (χ4v) is 4.31. The van der Waals surface area contributed by atoms with Gasteiger partial charge in [0.05, 0.1) is 17.8 Å². The second-order valence-corrected chi connectivity index (χ2v) is 8.15. The number of ether oxygens (including phenoxy) is 1. The van der Waals surface area contributed by atoms with Crippen LogP contribution in [0.1, 0.15) is 25.7 Å². The minimum atomic E-state index is -0.274. The van der Waals surface area contributed by atoms with E-state index in [2.05, 4.69) is 37.5 Å². The molecule has 2 aliphatic heterocycles. The number of nitrogens with zero attached hydrogens (tertiary/aromatic N) is 3. The lowest BCUT2D eigenvalue weighted by atomic mass is 10.1. The molecule has 3 heterocycles. The van der Waals surface area contributed by atoms with Gasteiger partial charge in [-0.25, -0.2) is 0 Å². The van der Waals surface area contributed by atoms with Gasteiger partial charge in [0, 0.05) is 28.8 Å². The number of hydrogen-bond donors (Lipinski definition) is 2. The predicted molar refractivity (Wildman–Crippen MR) is 108 cm³/mol. The highest BCUT2D eigenvalue weighted by molar-refractivity contribution is 9.10. The van der Waals surface area contributed by atoms with E-state index in [-0.39, 0.29) is 24.0 Å². The van der Waals surface area contributed by atoms with Crippen LogP contribution in [-0.2, 0) is 4.79 Å². The van der Waals surface area contributed by atoms with E-state index in [4.69, 9.17) is 4.74 Å². The zero-order valence-electron chi connectivity index (χ0n) is 15.4. The number of nitriles is 1. The summed E-state index contributed by atoms with van der Waals surface area (Å²) < 4.78 is 7.05. The molecule has 28 heavy (non-hydrogen) atoms. The molecule has 0 unspecified atom stereocenters. The Morgan fingerprint density at radius 3 is 3.04 bits per heavy atom. The minimum absolute atomic E-state index is 0.0494. The molecule has 0 spiro atoms. The average Bonchev–Trinajstić information content (AvgIpc) is 3.47. The smallest absolute Gasteiger partial charge is 0.240 e. The number of hydrogen-bond acceptors (Lipinski definition) is 5. The zero-order valence-corrected chi connectivity index (χ0v) is 17.0. The highest BCUT2D eigenvalue weighted by Crippen LogP contribution is 2.32. The molecule has 0 saturated carbocycles. The van der Waals surface area contributed by atoms with E-state index in [0.29, 0.717) is 13.2 Å². The molecule has 146 valence electrons. The van der Waals surface area contributed by atoms with Crippen molar-refractivity contribution in [2.45, 2.75) is 43.8 Å². The summed E-state index contributed by atoms with van der Waals surface area (Å²) in [6.07, 6.45) is 5.04. The number of benzene rings is 1. The van der Waals surface area contributed by atoms with Crippen molar-refractivity contribution >= 4 is 21.8 Å². The van der Waals surface area contributed by atoms with Crippen LogP contribution in [0.3, 0.4) is 0 Å². The van der Waals surface area contributed by atoms with E-state index in [1.165, 1.54) is 0 Å². The molecule has 4 rings (SSSR count). The number of aromatic nitrogens is 2. The van der Waals surface area contributed by atoms with Gasteiger partial charge in [-0.1, -0.05) is 15.9 Å². The van der Waals surface area contributed by atoms with Crippen molar-refractivity contribution < 1.29 is 9.53 Å². The Kier molecular flexibility index (Phi) is 5.64. The fourth-order valence-electron chi connectivity index (χ4n) is 3.94. The molecular formula is C20H22BrN5O2. The average molecular weight is 444 g/mol.